The molecule has 0 aromatic heterocycles. The van der Waals surface area contributed by atoms with E-state index < -0.39 is 5.41 Å². The van der Waals surface area contributed by atoms with Crippen LogP contribution in [0.5, 0.6) is 0 Å². The van der Waals surface area contributed by atoms with Gasteiger partial charge in [-0.3, -0.25) is 4.79 Å². The Bertz CT molecular complexity index is 1820. The molecule has 0 radical (unpaired) electrons. The normalized spacial score (nSPS) is 16.2. The van der Waals surface area contributed by atoms with Crippen molar-refractivity contribution in [1.29, 1.82) is 0 Å². The Morgan fingerprint density at radius 1 is 0.500 bits per heavy atom. The van der Waals surface area contributed by atoms with E-state index in [0.29, 0.717) is 0 Å². The highest BCUT2D eigenvalue weighted by molar-refractivity contribution is 6.13. The Morgan fingerprint density at radius 3 is 1.29 bits per heavy atom. The first-order valence-electron chi connectivity index (χ1n) is 14.5. The molecule has 0 N–H and O–H groups in total. The largest absolute Gasteiger partial charge is 0.302 e. The van der Waals surface area contributed by atoms with Gasteiger partial charge in [0.2, 0.25) is 5.91 Å². The SMILES string of the molecule is Cc1ccc(N2C(=O)C(c3cc4cccccc-4c3)(c3cc4cccccc-4c3)C2c2cc3cccccc-3c2)cc1. The molecule has 2 heteroatoms. The van der Waals surface area contributed by atoms with Crippen LogP contribution in [-0.2, 0) is 10.2 Å². The van der Waals surface area contributed by atoms with Crippen LogP contribution in [-0.4, -0.2) is 5.91 Å². The van der Waals surface area contributed by atoms with Gasteiger partial charge in [-0.1, -0.05) is 109 Å². The summed E-state index contributed by atoms with van der Waals surface area (Å²) in [6.45, 7) is 2.08. The van der Waals surface area contributed by atoms with Crippen molar-refractivity contribution in [2.75, 3.05) is 4.90 Å². The maximum Gasteiger partial charge on any atom is 0.245 e. The number of anilines is 1. The van der Waals surface area contributed by atoms with Crippen molar-refractivity contribution in [2.45, 2.75) is 18.4 Å². The minimum Gasteiger partial charge on any atom is -0.302 e. The summed E-state index contributed by atoms with van der Waals surface area (Å²) in [5, 5.41) is 0. The second-order valence-corrected chi connectivity index (χ2v) is 11.5. The highest BCUT2D eigenvalue weighted by Crippen LogP contribution is 2.60. The van der Waals surface area contributed by atoms with E-state index >= 15 is 4.79 Å². The van der Waals surface area contributed by atoms with E-state index in [2.05, 4.69) is 146 Å². The van der Waals surface area contributed by atoms with Crippen LogP contribution in [0.1, 0.15) is 28.3 Å². The van der Waals surface area contributed by atoms with Crippen molar-refractivity contribution in [2.24, 2.45) is 0 Å². The van der Waals surface area contributed by atoms with Gasteiger partial charge in [0, 0.05) is 5.69 Å². The quantitative estimate of drug-likeness (QED) is 0.204. The summed E-state index contributed by atoms with van der Waals surface area (Å²) in [7, 11) is 0. The third-order valence-corrected chi connectivity index (χ3v) is 8.97. The summed E-state index contributed by atoms with van der Waals surface area (Å²) in [5.74, 6) is 0.103. The minimum absolute atomic E-state index is 0.103. The van der Waals surface area contributed by atoms with Gasteiger partial charge in [-0.25, -0.2) is 0 Å². The van der Waals surface area contributed by atoms with Gasteiger partial charge in [0.25, 0.3) is 0 Å². The predicted octanol–water partition coefficient (Wildman–Crippen LogP) is 9.38. The zero-order valence-electron chi connectivity index (χ0n) is 23.4. The summed E-state index contributed by atoms with van der Waals surface area (Å²) < 4.78 is 0. The molecule has 8 rings (SSSR count). The molecule has 0 saturated carbocycles. The number of hydrogen-bond acceptors (Lipinski definition) is 1. The van der Waals surface area contributed by atoms with Crippen molar-refractivity contribution in [1.82, 2.24) is 0 Å². The number of amides is 1. The molecule has 1 aliphatic heterocycles. The maximum absolute atomic E-state index is 15.0. The molecule has 1 fully saturated rings. The molecule has 1 heterocycles. The van der Waals surface area contributed by atoms with Crippen molar-refractivity contribution < 1.29 is 4.79 Å². The number of nitrogens with zero attached hydrogens (tertiary/aromatic N) is 1. The second-order valence-electron chi connectivity index (χ2n) is 11.5. The van der Waals surface area contributed by atoms with Crippen LogP contribution in [0.4, 0.5) is 5.69 Å². The molecule has 42 heavy (non-hydrogen) atoms. The van der Waals surface area contributed by atoms with Gasteiger partial charge >= 0.3 is 0 Å². The van der Waals surface area contributed by atoms with Crippen LogP contribution in [0.3, 0.4) is 0 Å². The van der Waals surface area contributed by atoms with Crippen LogP contribution in [0.2, 0.25) is 0 Å². The fourth-order valence-corrected chi connectivity index (χ4v) is 6.93. The van der Waals surface area contributed by atoms with Crippen molar-refractivity contribution in [3.63, 3.8) is 0 Å². The van der Waals surface area contributed by atoms with Gasteiger partial charge in [-0.15, -0.1) is 0 Å². The Labute approximate surface area is 246 Å². The molecule has 1 saturated heterocycles. The van der Waals surface area contributed by atoms with Crippen molar-refractivity contribution in [3.8, 4) is 33.4 Å². The summed E-state index contributed by atoms with van der Waals surface area (Å²) in [4.78, 5) is 17.0. The average Bonchev–Trinajstić information content (AvgIpc) is 3.53. The summed E-state index contributed by atoms with van der Waals surface area (Å²) >= 11 is 0. The third-order valence-electron chi connectivity index (χ3n) is 8.97. The van der Waals surface area contributed by atoms with Gasteiger partial charge in [-0.2, -0.15) is 0 Å². The zero-order valence-corrected chi connectivity index (χ0v) is 23.4. The summed E-state index contributed by atoms with van der Waals surface area (Å²) in [6, 6.07) is 53.0. The van der Waals surface area contributed by atoms with Crippen LogP contribution in [0.15, 0.2) is 152 Å². The summed E-state index contributed by atoms with van der Waals surface area (Å²) in [5.41, 5.74) is 11.3. The van der Waals surface area contributed by atoms with Crippen LogP contribution >= 0.6 is 0 Å². The van der Waals surface area contributed by atoms with E-state index in [1.807, 2.05) is 17.0 Å². The highest BCUT2D eigenvalue weighted by atomic mass is 16.2. The average molecular weight is 540 g/mol. The number of rotatable bonds is 4. The van der Waals surface area contributed by atoms with E-state index in [0.717, 1.165) is 44.6 Å². The van der Waals surface area contributed by atoms with Gasteiger partial charge in [0.1, 0.15) is 5.41 Å². The molecule has 1 atom stereocenters. The van der Waals surface area contributed by atoms with Gasteiger partial charge < -0.3 is 4.90 Å². The predicted molar refractivity (Wildman–Crippen MR) is 171 cm³/mol. The number of fused-ring (bicyclic) bond motifs is 3. The number of hydrogen-bond donors (Lipinski definition) is 0. The molecule has 1 amide bonds. The first-order valence-corrected chi connectivity index (χ1v) is 14.5. The molecular formula is C40H29NO. The number of β-lactam (4-membered cyclic amide) rings is 1. The van der Waals surface area contributed by atoms with Crippen LogP contribution < -0.4 is 4.90 Å². The molecule has 6 aliphatic carbocycles. The first kappa shape index (κ1) is 24.6. The number of carbonyl (C=O) groups is 1. The lowest BCUT2D eigenvalue weighted by atomic mass is 9.60. The number of carbonyl (C=O) groups excluding carboxylic acids is 1. The Morgan fingerprint density at radius 2 is 0.881 bits per heavy atom. The lowest BCUT2D eigenvalue weighted by Gasteiger charge is -2.56. The first-order chi connectivity index (χ1) is 20.6. The Hall–Kier alpha value is -5.21. The molecule has 0 spiro atoms. The van der Waals surface area contributed by atoms with E-state index in [1.54, 1.807) is 0 Å². The Balaban J connectivity index is 1.44. The van der Waals surface area contributed by atoms with Crippen LogP contribution in [0, 0.1) is 6.92 Å². The minimum atomic E-state index is -0.882. The van der Waals surface area contributed by atoms with Crippen molar-refractivity contribution >= 4 is 11.6 Å². The van der Waals surface area contributed by atoms with E-state index in [9.17, 15) is 0 Å². The zero-order chi connectivity index (χ0) is 28.3. The Kier molecular flexibility index (Phi) is 5.52. The van der Waals surface area contributed by atoms with Crippen LogP contribution in [0.25, 0.3) is 33.4 Å². The highest BCUT2D eigenvalue weighted by Gasteiger charge is 2.64. The van der Waals surface area contributed by atoms with E-state index in [4.69, 9.17) is 0 Å². The number of aryl methyl sites for hydroxylation is 1. The lowest BCUT2D eigenvalue weighted by Crippen LogP contribution is -2.66. The second kappa shape index (κ2) is 9.43. The molecular weight excluding hydrogens is 510 g/mol. The fraction of sp³-hybridized carbons (Fsp3) is 0.0750. The smallest absolute Gasteiger partial charge is 0.245 e. The fourth-order valence-electron chi connectivity index (χ4n) is 6.93. The van der Waals surface area contributed by atoms with E-state index in [-0.39, 0.29) is 11.9 Å². The molecule has 200 valence electrons. The standard InChI is InChI=1S/C40H29NO/c1-27-17-19-37(20-18-27)41-38(34-21-28-11-5-2-6-12-29(28)22-34)40(39(41)42,35-23-30-13-7-3-8-14-31(30)24-35)36-25-32-15-9-4-10-16-33(32)26-36/h2-26,38H,1H3. The van der Waals surface area contributed by atoms with Gasteiger partial charge in [-0.05, 0) is 106 Å². The molecule has 1 aromatic rings. The molecule has 7 aliphatic rings. The third kappa shape index (κ3) is 3.62. The molecule has 1 unspecified atom stereocenters. The summed E-state index contributed by atoms with van der Waals surface area (Å²) in [6.07, 6.45) is 0. The molecule has 0 bridgehead atoms. The monoisotopic (exact) mass is 539 g/mol. The number of benzene rings is 1. The van der Waals surface area contributed by atoms with E-state index in [1.165, 1.54) is 16.7 Å². The van der Waals surface area contributed by atoms with Gasteiger partial charge in [0.15, 0.2) is 0 Å². The molecule has 2 nitrogen and oxygen atoms in total. The van der Waals surface area contributed by atoms with Crippen molar-refractivity contribution in [3.05, 3.63) is 174 Å². The topological polar surface area (TPSA) is 20.3 Å². The maximum atomic E-state index is 15.0. The molecule has 1 aromatic carbocycles. The lowest BCUT2D eigenvalue weighted by molar-refractivity contribution is -0.131. The van der Waals surface area contributed by atoms with Gasteiger partial charge in [0.05, 0.1) is 6.04 Å².